The molecule has 0 aromatic heterocycles. The van der Waals surface area contributed by atoms with Crippen LogP contribution in [-0.2, 0) is 16.6 Å². The first-order chi connectivity index (χ1) is 14.1. The molecule has 1 saturated carbocycles. The van der Waals surface area contributed by atoms with E-state index in [4.69, 9.17) is 14.2 Å². The summed E-state index contributed by atoms with van der Waals surface area (Å²) >= 11 is 0. The van der Waals surface area contributed by atoms with Gasteiger partial charge in [0.1, 0.15) is 17.2 Å². The van der Waals surface area contributed by atoms with Crippen LogP contribution >= 0.6 is 0 Å². The number of nitrogens with one attached hydrogen (secondary N) is 1. The minimum atomic E-state index is -0.0457. The highest BCUT2D eigenvalue weighted by atomic mass is 16.5. The number of methoxy groups -OCH3 is 3. The maximum atomic E-state index is 12.6. The van der Waals surface area contributed by atoms with E-state index in [0.29, 0.717) is 19.4 Å². The van der Waals surface area contributed by atoms with Crippen LogP contribution in [0.5, 0.6) is 17.2 Å². The lowest BCUT2D eigenvalue weighted by Crippen LogP contribution is -2.39. The number of ether oxygens (including phenoxy) is 3. The van der Waals surface area contributed by atoms with Gasteiger partial charge in [-0.2, -0.15) is 0 Å². The summed E-state index contributed by atoms with van der Waals surface area (Å²) in [5.41, 5.74) is 2.13. The van der Waals surface area contributed by atoms with Gasteiger partial charge in [-0.1, -0.05) is 31.0 Å². The Labute approximate surface area is 173 Å². The van der Waals surface area contributed by atoms with Crippen LogP contribution in [0.25, 0.3) is 0 Å². The zero-order valence-corrected chi connectivity index (χ0v) is 17.6. The van der Waals surface area contributed by atoms with Crippen molar-refractivity contribution in [3.8, 4) is 17.2 Å². The molecule has 1 aliphatic carbocycles. The Kier molecular flexibility index (Phi) is 7.02. The Bertz CT molecular complexity index is 827. The summed E-state index contributed by atoms with van der Waals surface area (Å²) < 4.78 is 16.3. The average Bonchev–Trinajstić information content (AvgIpc) is 3.26. The highest BCUT2D eigenvalue weighted by Gasteiger charge is 2.37. The molecule has 1 aliphatic rings. The van der Waals surface area contributed by atoms with Crippen LogP contribution in [0, 0.1) is 0 Å². The monoisotopic (exact) mass is 397 g/mol. The van der Waals surface area contributed by atoms with Crippen LogP contribution in [0.3, 0.4) is 0 Å². The molecule has 0 aliphatic heterocycles. The molecule has 3 rings (SSSR count). The third-order valence-electron chi connectivity index (χ3n) is 5.97. The second kappa shape index (κ2) is 9.68. The zero-order valence-electron chi connectivity index (χ0n) is 17.6. The van der Waals surface area contributed by atoms with Crippen LogP contribution < -0.4 is 19.5 Å². The van der Waals surface area contributed by atoms with Crippen LogP contribution in [-0.4, -0.2) is 33.8 Å². The largest absolute Gasteiger partial charge is 0.497 e. The van der Waals surface area contributed by atoms with Gasteiger partial charge in [-0.15, -0.1) is 0 Å². The smallest absolute Gasteiger partial charge is 0.220 e. The molecule has 0 heterocycles. The predicted molar refractivity (Wildman–Crippen MR) is 114 cm³/mol. The van der Waals surface area contributed by atoms with Gasteiger partial charge in [0.05, 0.1) is 21.3 Å². The van der Waals surface area contributed by atoms with Gasteiger partial charge in [-0.25, -0.2) is 0 Å². The fourth-order valence-corrected chi connectivity index (χ4v) is 4.36. The van der Waals surface area contributed by atoms with Crippen molar-refractivity contribution in [1.29, 1.82) is 0 Å². The Morgan fingerprint density at radius 1 is 0.966 bits per heavy atom. The van der Waals surface area contributed by atoms with Gasteiger partial charge >= 0.3 is 0 Å². The van der Waals surface area contributed by atoms with E-state index in [-0.39, 0.29) is 11.3 Å². The number of para-hydroxylation sites is 1. The van der Waals surface area contributed by atoms with E-state index in [1.54, 1.807) is 21.3 Å². The molecule has 0 radical (unpaired) electrons. The van der Waals surface area contributed by atoms with Crippen LogP contribution in [0.4, 0.5) is 0 Å². The first kappa shape index (κ1) is 21.0. The Morgan fingerprint density at radius 3 is 2.38 bits per heavy atom. The quantitative estimate of drug-likeness (QED) is 0.686. The number of carbonyl (C=O) groups is 1. The summed E-state index contributed by atoms with van der Waals surface area (Å²) in [7, 11) is 4.99. The fourth-order valence-electron chi connectivity index (χ4n) is 4.36. The summed E-state index contributed by atoms with van der Waals surface area (Å²) in [6.45, 7) is 0.640. The van der Waals surface area contributed by atoms with E-state index in [1.165, 1.54) is 18.4 Å². The topological polar surface area (TPSA) is 56.8 Å². The third kappa shape index (κ3) is 4.84. The minimum Gasteiger partial charge on any atom is -0.497 e. The van der Waals surface area contributed by atoms with Crippen LogP contribution in [0.1, 0.15) is 43.2 Å². The van der Waals surface area contributed by atoms with Crippen molar-refractivity contribution in [3.63, 3.8) is 0 Å². The van der Waals surface area contributed by atoms with Crippen molar-refractivity contribution in [2.45, 2.75) is 43.9 Å². The molecule has 0 spiro atoms. The van der Waals surface area contributed by atoms with Gasteiger partial charge in [0.25, 0.3) is 0 Å². The second-order valence-electron chi connectivity index (χ2n) is 7.64. The van der Waals surface area contributed by atoms with E-state index in [2.05, 4.69) is 17.4 Å². The fraction of sp³-hybridized carbons (Fsp3) is 0.458. The number of benzene rings is 2. The maximum absolute atomic E-state index is 12.6. The number of rotatable bonds is 9. The molecule has 29 heavy (non-hydrogen) atoms. The normalized spacial score (nSPS) is 15.0. The number of hydrogen-bond acceptors (Lipinski definition) is 4. The van der Waals surface area contributed by atoms with Gasteiger partial charge < -0.3 is 19.5 Å². The van der Waals surface area contributed by atoms with Crippen molar-refractivity contribution >= 4 is 5.91 Å². The molecule has 0 saturated heterocycles. The average molecular weight is 398 g/mol. The lowest BCUT2D eigenvalue weighted by molar-refractivity contribution is -0.121. The van der Waals surface area contributed by atoms with Crippen molar-refractivity contribution in [3.05, 3.63) is 53.6 Å². The van der Waals surface area contributed by atoms with Gasteiger partial charge in [0.15, 0.2) is 0 Å². The van der Waals surface area contributed by atoms with E-state index >= 15 is 0 Å². The third-order valence-corrected chi connectivity index (χ3v) is 5.97. The van der Waals surface area contributed by atoms with Crippen molar-refractivity contribution in [2.24, 2.45) is 0 Å². The molecular weight excluding hydrogens is 366 g/mol. The molecule has 1 N–H and O–H groups in total. The molecule has 0 unspecified atom stereocenters. The van der Waals surface area contributed by atoms with Crippen molar-refractivity contribution in [1.82, 2.24) is 5.32 Å². The molecule has 156 valence electrons. The van der Waals surface area contributed by atoms with E-state index in [0.717, 1.165) is 35.7 Å². The summed E-state index contributed by atoms with van der Waals surface area (Å²) in [5, 5.41) is 3.19. The molecule has 1 fully saturated rings. The summed E-state index contributed by atoms with van der Waals surface area (Å²) in [6.07, 6.45) is 5.50. The number of amides is 1. The van der Waals surface area contributed by atoms with Gasteiger partial charge in [0.2, 0.25) is 5.91 Å². The molecule has 5 nitrogen and oxygen atoms in total. The van der Waals surface area contributed by atoms with E-state index < -0.39 is 0 Å². The number of hydrogen-bond donors (Lipinski definition) is 1. The molecular formula is C24H31NO4. The molecule has 0 atom stereocenters. The molecule has 0 bridgehead atoms. The standard InChI is InChI=1S/C24H31NO4/c1-27-19-11-12-21(28-2)18(16-19)10-13-23(26)25-17-24(14-6-7-15-24)20-8-4-5-9-22(20)29-3/h4-5,8-9,11-12,16H,6-7,10,13-15,17H2,1-3H3,(H,25,26). The summed E-state index contributed by atoms with van der Waals surface area (Å²) in [4.78, 5) is 12.6. The maximum Gasteiger partial charge on any atom is 0.220 e. The minimum absolute atomic E-state index is 0.0457. The lowest BCUT2D eigenvalue weighted by atomic mass is 9.78. The summed E-state index contributed by atoms with van der Waals surface area (Å²) in [5.74, 6) is 2.50. The van der Waals surface area contributed by atoms with Crippen molar-refractivity contribution in [2.75, 3.05) is 27.9 Å². The first-order valence-electron chi connectivity index (χ1n) is 10.2. The Balaban J connectivity index is 1.65. The predicted octanol–water partition coefficient (Wildman–Crippen LogP) is 4.27. The first-order valence-corrected chi connectivity index (χ1v) is 10.2. The number of carbonyl (C=O) groups excluding carboxylic acids is 1. The highest BCUT2D eigenvalue weighted by molar-refractivity contribution is 5.76. The van der Waals surface area contributed by atoms with E-state index in [9.17, 15) is 4.79 Å². The molecule has 5 heteroatoms. The van der Waals surface area contributed by atoms with Crippen LogP contribution in [0.15, 0.2) is 42.5 Å². The van der Waals surface area contributed by atoms with Gasteiger partial charge in [-0.3, -0.25) is 4.79 Å². The summed E-state index contributed by atoms with van der Waals surface area (Å²) in [6, 6.07) is 13.9. The molecule has 2 aromatic rings. The van der Waals surface area contributed by atoms with Crippen LogP contribution in [0.2, 0.25) is 0 Å². The number of aryl methyl sites for hydroxylation is 1. The molecule has 2 aromatic carbocycles. The lowest BCUT2D eigenvalue weighted by Gasteiger charge is -2.31. The highest BCUT2D eigenvalue weighted by Crippen LogP contribution is 2.44. The SMILES string of the molecule is COc1ccc(OC)c(CCC(=O)NCC2(c3ccccc3OC)CCCC2)c1. The Morgan fingerprint density at radius 2 is 1.69 bits per heavy atom. The zero-order chi connectivity index (χ0) is 20.7. The van der Waals surface area contributed by atoms with Gasteiger partial charge in [0, 0.05) is 23.9 Å². The Hall–Kier alpha value is -2.69. The molecule has 1 amide bonds. The van der Waals surface area contributed by atoms with Gasteiger partial charge in [-0.05, 0) is 49.1 Å². The second-order valence-corrected chi connectivity index (χ2v) is 7.64. The van der Waals surface area contributed by atoms with E-state index in [1.807, 2.05) is 30.3 Å². The van der Waals surface area contributed by atoms with Crippen molar-refractivity contribution < 1.29 is 19.0 Å².